The Morgan fingerprint density at radius 2 is 1.58 bits per heavy atom. The van der Waals surface area contributed by atoms with E-state index in [-0.39, 0.29) is 41.7 Å². The van der Waals surface area contributed by atoms with Crippen LogP contribution in [0.4, 0.5) is 8.78 Å². The van der Waals surface area contributed by atoms with Crippen LogP contribution in [-0.4, -0.2) is 48.3 Å². The maximum absolute atomic E-state index is 13.4. The van der Waals surface area contributed by atoms with E-state index in [4.69, 9.17) is 0 Å². The van der Waals surface area contributed by atoms with Crippen LogP contribution < -0.4 is 5.32 Å². The van der Waals surface area contributed by atoms with E-state index in [2.05, 4.69) is 5.32 Å². The van der Waals surface area contributed by atoms with E-state index in [0.29, 0.717) is 19.4 Å². The molecule has 0 aliphatic carbocycles. The van der Waals surface area contributed by atoms with Crippen LogP contribution in [0.1, 0.15) is 38.7 Å². The molecule has 4 rings (SSSR count). The molecule has 0 radical (unpaired) electrons. The van der Waals surface area contributed by atoms with Crippen LogP contribution in [0.2, 0.25) is 0 Å². The second-order valence-corrected chi connectivity index (χ2v) is 10.9. The van der Waals surface area contributed by atoms with E-state index in [1.807, 2.05) is 13.8 Å². The maximum Gasteiger partial charge on any atom is 0.243 e. The van der Waals surface area contributed by atoms with Crippen LogP contribution in [0.25, 0.3) is 0 Å². The van der Waals surface area contributed by atoms with Crippen molar-refractivity contribution in [3.63, 3.8) is 0 Å². The van der Waals surface area contributed by atoms with Crippen molar-refractivity contribution in [1.82, 2.24) is 14.5 Å². The highest BCUT2D eigenvalue weighted by molar-refractivity contribution is 7.89. The lowest BCUT2D eigenvalue weighted by molar-refractivity contribution is -0.134. The Morgan fingerprint density at radius 3 is 2.12 bits per heavy atom. The molecule has 1 N–H and O–H groups in total. The van der Waals surface area contributed by atoms with Gasteiger partial charge in [-0.15, -0.1) is 0 Å². The first kappa shape index (κ1) is 23.8. The van der Waals surface area contributed by atoms with Gasteiger partial charge in [0.2, 0.25) is 15.9 Å². The Morgan fingerprint density at radius 1 is 1.03 bits per heavy atom. The van der Waals surface area contributed by atoms with E-state index in [9.17, 15) is 22.0 Å². The van der Waals surface area contributed by atoms with Crippen molar-refractivity contribution >= 4 is 15.9 Å². The lowest BCUT2D eigenvalue weighted by Gasteiger charge is -2.44. The van der Waals surface area contributed by atoms with Gasteiger partial charge in [0.15, 0.2) is 0 Å². The summed E-state index contributed by atoms with van der Waals surface area (Å²) in [4.78, 5) is 15.3. The predicted octanol–water partition coefficient (Wildman–Crippen LogP) is 3.49. The zero-order chi connectivity index (χ0) is 23.8. The molecule has 6 nitrogen and oxygen atoms in total. The zero-order valence-electron chi connectivity index (χ0n) is 18.8. The normalized spacial score (nSPS) is 22.1. The third kappa shape index (κ3) is 4.54. The van der Waals surface area contributed by atoms with Gasteiger partial charge in [-0.05, 0) is 60.7 Å². The first-order valence-corrected chi connectivity index (χ1v) is 12.7. The molecule has 2 fully saturated rings. The fourth-order valence-electron chi connectivity index (χ4n) is 4.70. The third-order valence-electron chi connectivity index (χ3n) is 6.94. The second kappa shape index (κ2) is 9.12. The monoisotopic (exact) mass is 477 g/mol. The summed E-state index contributed by atoms with van der Waals surface area (Å²) in [6.45, 7) is 4.84. The number of amides is 1. The van der Waals surface area contributed by atoms with E-state index in [1.54, 1.807) is 17.0 Å². The Kier molecular flexibility index (Phi) is 6.57. The summed E-state index contributed by atoms with van der Waals surface area (Å²) in [5.74, 6) is -0.721. The van der Waals surface area contributed by atoms with Crippen molar-refractivity contribution < 1.29 is 22.0 Å². The molecule has 0 aromatic heterocycles. The van der Waals surface area contributed by atoms with Crippen LogP contribution in [0.15, 0.2) is 53.4 Å². The number of halogens is 2. The number of rotatable bonds is 6. The number of piperidine rings is 1. The van der Waals surface area contributed by atoms with Gasteiger partial charge < -0.3 is 4.90 Å². The Balaban J connectivity index is 1.57. The highest BCUT2D eigenvalue weighted by Gasteiger charge is 2.53. The number of nitrogens with one attached hydrogen (secondary N) is 1. The van der Waals surface area contributed by atoms with Gasteiger partial charge in [-0.1, -0.05) is 32.4 Å². The average Bonchev–Trinajstić information content (AvgIpc) is 3.06. The molecule has 1 spiro atoms. The summed E-state index contributed by atoms with van der Waals surface area (Å²) in [7, 11) is -3.76. The molecule has 33 heavy (non-hydrogen) atoms. The van der Waals surface area contributed by atoms with Gasteiger partial charge in [-0.25, -0.2) is 17.2 Å². The highest BCUT2D eigenvalue weighted by atomic mass is 32.2. The van der Waals surface area contributed by atoms with Crippen LogP contribution in [0.3, 0.4) is 0 Å². The molecule has 0 unspecified atom stereocenters. The predicted molar refractivity (Wildman–Crippen MR) is 120 cm³/mol. The molecule has 1 amide bonds. The van der Waals surface area contributed by atoms with Crippen molar-refractivity contribution in [3.05, 3.63) is 65.7 Å². The molecule has 2 aliphatic rings. The first-order chi connectivity index (χ1) is 15.7. The molecule has 0 bridgehead atoms. The van der Waals surface area contributed by atoms with E-state index < -0.39 is 21.5 Å². The SMILES string of the molecule is CC[C@H](C)[C@H]1NC2(CCN(S(=O)(=O)c3ccc(F)cc3)CC2)N(Cc2ccc(F)cc2)C1=O. The molecule has 2 aromatic carbocycles. The van der Waals surface area contributed by atoms with Gasteiger partial charge in [0.1, 0.15) is 11.6 Å². The molecular formula is C24H29F2N3O3S. The topological polar surface area (TPSA) is 69.7 Å². The minimum absolute atomic E-state index is 0.0106. The van der Waals surface area contributed by atoms with Crippen molar-refractivity contribution in [2.75, 3.05) is 13.1 Å². The number of sulfonamides is 1. The van der Waals surface area contributed by atoms with Crippen molar-refractivity contribution in [1.29, 1.82) is 0 Å². The van der Waals surface area contributed by atoms with E-state index >= 15 is 0 Å². The summed E-state index contributed by atoms with van der Waals surface area (Å²) in [5.41, 5.74) is 0.145. The van der Waals surface area contributed by atoms with E-state index in [1.165, 1.54) is 28.6 Å². The average molecular weight is 478 g/mol. The molecular weight excluding hydrogens is 448 g/mol. The quantitative estimate of drug-likeness (QED) is 0.692. The molecule has 0 saturated carbocycles. The standard InChI is InChI=1S/C24H29F2N3O3S/c1-3-17(2)22-23(30)29(16-18-4-6-19(25)7-5-18)24(27-22)12-14-28(15-13-24)33(31,32)21-10-8-20(26)9-11-21/h4-11,17,22,27H,3,12-16H2,1-2H3/t17-,22+/m0/s1. The van der Waals surface area contributed by atoms with Crippen LogP contribution in [0, 0.1) is 17.6 Å². The number of hydrogen-bond acceptors (Lipinski definition) is 4. The summed E-state index contributed by atoms with van der Waals surface area (Å²) in [6, 6.07) is 10.5. The van der Waals surface area contributed by atoms with Gasteiger partial charge in [-0.2, -0.15) is 4.31 Å². The van der Waals surface area contributed by atoms with E-state index in [0.717, 1.165) is 24.1 Å². The fourth-order valence-corrected chi connectivity index (χ4v) is 6.14. The molecule has 2 aliphatic heterocycles. The molecule has 178 valence electrons. The number of carbonyl (C=O) groups excluding carboxylic acids is 1. The third-order valence-corrected chi connectivity index (χ3v) is 8.85. The van der Waals surface area contributed by atoms with Crippen LogP contribution >= 0.6 is 0 Å². The Hall–Kier alpha value is -2.36. The second-order valence-electron chi connectivity index (χ2n) is 8.95. The number of nitrogens with zero attached hydrogens (tertiary/aromatic N) is 2. The van der Waals surface area contributed by atoms with Crippen molar-refractivity contribution in [2.24, 2.45) is 5.92 Å². The van der Waals surface area contributed by atoms with Gasteiger partial charge in [0.25, 0.3) is 0 Å². The minimum atomic E-state index is -3.76. The van der Waals surface area contributed by atoms with Crippen molar-refractivity contribution in [2.45, 2.75) is 56.3 Å². The van der Waals surface area contributed by atoms with Gasteiger partial charge in [0, 0.05) is 19.6 Å². The van der Waals surface area contributed by atoms with Gasteiger partial charge in [0.05, 0.1) is 16.6 Å². The van der Waals surface area contributed by atoms with Crippen molar-refractivity contribution in [3.8, 4) is 0 Å². The van der Waals surface area contributed by atoms with Crippen LogP contribution in [-0.2, 0) is 21.4 Å². The fraction of sp³-hybridized carbons (Fsp3) is 0.458. The molecule has 2 saturated heterocycles. The summed E-state index contributed by atoms with van der Waals surface area (Å²) in [6.07, 6.45) is 1.68. The van der Waals surface area contributed by atoms with Crippen LogP contribution in [0.5, 0.6) is 0 Å². The zero-order valence-corrected chi connectivity index (χ0v) is 19.6. The molecule has 2 aromatic rings. The first-order valence-electron chi connectivity index (χ1n) is 11.3. The Labute approximate surface area is 193 Å². The van der Waals surface area contributed by atoms with Gasteiger partial charge in [-0.3, -0.25) is 10.1 Å². The highest BCUT2D eigenvalue weighted by Crippen LogP contribution is 2.37. The lowest BCUT2D eigenvalue weighted by atomic mass is 9.96. The minimum Gasteiger partial charge on any atom is -0.319 e. The molecule has 2 heterocycles. The molecule has 2 atom stereocenters. The maximum atomic E-state index is 13.4. The summed E-state index contributed by atoms with van der Waals surface area (Å²) >= 11 is 0. The van der Waals surface area contributed by atoms with Gasteiger partial charge >= 0.3 is 0 Å². The Bertz CT molecular complexity index is 1100. The number of benzene rings is 2. The molecule has 9 heteroatoms. The number of carbonyl (C=O) groups is 1. The largest absolute Gasteiger partial charge is 0.319 e. The summed E-state index contributed by atoms with van der Waals surface area (Å²) in [5, 5.41) is 3.54. The lowest BCUT2D eigenvalue weighted by Crippen LogP contribution is -2.59. The smallest absolute Gasteiger partial charge is 0.243 e. The number of hydrogen-bond donors (Lipinski definition) is 1. The summed E-state index contributed by atoms with van der Waals surface area (Å²) < 4.78 is 54.1.